The predicted octanol–water partition coefficient (Wildman–Crippen LogP) is 5.13. The van der Waals surface area contributed by atoms with Crippen LogP contribution in [-0.4, -0.2) is 23.3 Å². The first-order valence-corrected chi connectivity index (χ1v) is 9.50. The third kappa shape index (κ3) is 3.16. The topological polar surface area (TPSA) is 21.6 Å². The van der Waals surface area contributed by atoms with E-state index in [1.807, 2.05) is 0 Å². The molecule has 3 rings (SSSR count). The highest BCUT2D eigenvalue weighted by atomic mass is 127. The molecule has 21 heavy (non-hydrogen) atoms. The quantitative estimate of drug-likeness (QED) is 0.388. The van der Waals surface area contributed by atoms with E-state index >= 15 is 0 Å². The standard InChI is InChI=1S/C17H20INOS/c1-3-15(19-20-2)17-14(10-13-8-9-16(17)21-13)11-4-6-12(18)7-5-11/h4-7,13,16H,3,8-10H2,1-2H3/t13?,16-/m0/s1. The van der Waals surface area contributed by atoms with E-state index in [0.717, 1.165) is 17.4 Å². The van der Waals surface area contributed by atoms with E-state index in [1.54, 1.807) is 7.11 Å². The summed E-state index contributed by atoms with van der Waals surface area (Å²) in [5.74, 6) is 0. The molecule has 0 saturated carbocycles. The summed E-state index contributed by atoms with van der Waals surface area (Å²) < 4.78 is 1.29. The minimum atomic E-state index is 0.604. The van der Waals surface area contributed by atoms with Crippen LogP contribution < -0.4 is 0 Å². The van der Waals surface area contributed by atoms with Gasteiger partial charge in [-0.1, -0.05) is 24.2 Å². The second-order valence-electron chi connectivity index (χ2n) is 5.50. The molecule has 0 amide bonds. The van der Waals surface area contributed by atoms with Crippen molar-refractivity contribution in [3.05, 3.63) is 39.0 Å². The lowest BCUT2D eigenvalue weighted by Crippen LogP contribution is -2.19. The van der Waals surface area contributed by atoms with Crippen LogP contribution in [0.25, 0.3) is 5.57 Å². The molecule has 2 atom stereocenters. The zero-order valence-electron chi connectivity index (χ0n) is 12.4. The van der Waals surface area contributed by atoms with Gasteiger partial charge in [0.05, 0.1) is 5.71 Å². The van der Waals surface area contributed by atoms with E-state index in [2.05, 4.69) is 70.7 Å². The molecule has 2 bridgehead atoms. The molecule has 2 nitrogen and oxygen atoms in total. The molecule has 0 N–H and O–H groups in total. The van der Waals surface area contributed by atoms with E-state index < -0.39 is 0 Å². The maximum absolute atomic E-state index is 5.10. The summed E-state index contributed by atoms with van der Waals surface area (Å²) in [7, 11) is 1.65. The van der Waals surface area contributed by atoms with Gasteiger partial charge in [-0.05, 0) is 77.1 Å². The molecule has 4 heteroatoms. The van der Waals surface area contributed by atoms with Crippen LogP contribution in [0.5, 0.6) is 0 Å². The number of nitrogens with zero attached hydrogens (tertiary/aromatic N) is 1. The van der Waals surface area contributed by atoms with Crippen molar-refractivity contribution >= 4 is 45.6 Å². The normalized spacial score (nSPS) is 25.4. The maximum Gasteiger partial charge on any atom is 0.106 e. The van der Waals surface area contributed by atoms with Gasteiger partial charge in [-0.25, -0.2) is 0 Å². The molecule has 1 saturated heterocycles. The summed E-state index contributed by atoms with van der Waals surface area (Å²) in [6.07, 6.45) is 4.70. The van der Waals surface area contributed by atoms with Crippen LogP contribution in [0.4, 0.5) is 0 Å². The molecule has 2 heterocycles. The lowest BCUT2D eigenvalue weighted by molar-refractivity contribution is 0.213. The first kappa shape index (κ1) is 15.4. The fraction of sp³-hybridized carbons (Fsp3) is 0.471. The minimum Gasteiger partial charge on any atom is -0.399 e. The Morgan fingerprint density at radius 3 is 2.76 bits per heavy atom. The largest absolute Gasteiger partial charge is 0.399 e. The Morgan fingerprint density at radius 1 is 1.33 bits per heavy atom. The van der Waals surface area contributed by atoms with Crippen LogP contribution in [0.2, 0.25) is 0 Å². The van der Waals surface area contributed by atoms with Crippen molar-refractivity contribution in [1.29, 1.82) is 0 Å². The smallest absolute Gasteiger partial charge is 0.106 e. The molecule has 0 spiro atoms. The number of thioether (sulfide) groups is 1. The molecule has 1 aromatic carbocycles. The van der Waals surface area contributed by atoms with Crippen molar-refractivity contribution in [2.45, 2.75) is 43.1 Å². The van der Waals surface area contributed by atoms with Crippen molar-refractivity contribution in [1.82, 2.24) is 0 Å². The Labute approximate surface area is 144 Å². The molecule has 1 aromatic rings. The Kier molecular flexibility index (Phi) is 4.94. The highest BCUT2D eigenvalue weighted by Gasteiger charge is 2.37. The number of fused-ring (bicyclic) bond motifs is 2. The summed E-state index contributed by atoms with van der Waals surface area (Å²) in [5, 5.41) is 5.71. The fourth-order valence-electron chi connectivity index (χ4n) is 3.30. The van der Waals surface area contributed by atoms with Gasteiger partial charge in [0.25, 0.3) is 0 Å². The summed E-state index contributed by atoms with van der Waals surface area (Å²) in [6, 6.07) is 8.91. The summed E-state index contributed by atoms with van der Waals surface area (Å²) in [5.41, 5.74) is 5.43. The van der Waals surface area contributed by atoms with Gasteiger partial charge in [-0.3, -0.25) is 0 Å². The third-order valence-corrected chi connectivity index (χ3v) is 6.53. The number of rotatable bonds is 4. The number of hydrogen-bond acceptors (Lipinski definition) is 3. The van der Waals surface area contributed by atoms with E-state index in [0.29, 0.717) is 5.25 Å². The van der Waals surface area contributed by atoms with E-state index in [4.69, 9.17) is 4.84 Å². The van der Waals surface area contributed by atoms with Gasteiger partial charge in [0, 0.05) is 14.1 Å². The molecule has 0 aromatic heterocycles. The summed E-state index contributed by atoms with van der Waals surface area (Å²) >= 11 is 4.50. The SMILES string of the molecule is CCC(=NOC)C1=C(c2ccc(I)cc2)CC2CC[C@@H]1S2. The molecular formula is C17H20INOS. The monoisotopic (exact) mass is 413 g/mol. The minimum absolute atomic E-state index is 0.604. The first-order chi connectivity index (χ1) is 10.2. The van der Waals surface area contributed by atoms with E-state index in [9.17, 15) is 0 Å². The van der Waals surface area contributed by atoms with Crippen LogP contribution in [0, 0.1) is 3.57 Å². The van der Waals surface area contributed by atoms with Gasteiger partial charge < -0.3 is 4.84 Å². The molecule has 1 unspecified atom stereocenters. The summed E-state index contributed by atoms with van der Waals surface area (Å²) in [4.78, 5) is 5.10. The third-order valence-electron chi connectivity index (χ3n) is 4.23. The fourth-order valence-corrected chi connectivity index (χ4v) is 5.34. The Morgan fingerprint density at radius 2 is 2.10 bits per heavy atom. The molecule has 1 fully saturated rings. The number of halogens is 1. The van der Waals surface area contributed by atoms with E-state index in [1.165, 1.54) is 39.5 Å². The van der Waals surface area contributed by atoms with Gasteiger partial charge in [0.15, 0.2) is 0 Å². The Hall–Kier alpha value is -0.490. The average Bonchev–Trinajstić information content (AvgIpc) is 2.88. The van der Waals surface area contributed by atoms with Gasteiger partial charge in [0.2, 0.25) is 0 Å². The number of benzene rings is 1. The van der Waals surface area contributed by atoms with Crippen LogP contribution in [0.15, 0.2) is 35.0 Å². The van der Waals surface area contributed by atoms with Crippen molar-refractivity contribution in [2.75, 3.05) is 7.11 Å². The highest BCUT2D eigenvalue weighted by molar-refractivity contribution is 14.1. The van der Waals surface area contributed by atoms with Crippen molar-refractivity contribution in [3.8, 4) is 0 Å². The number of oxime groups is 1. The second kappa shape index (κ2) is 6.73. The zero-order valence-corrected chi connectivity index (χ0v) is 15.4. The van der Waals surface area contributed by atoms with Crippen LogP contribution in [-0.2, 0) is 4.84 Å². The van der Waals surface area contributed by atoms with Crippen molar-refractivity contribution in [2.24, 2.45) is 5.16 Å². The second-order valence-corrected chi connectivity index (χ2v) is 8.25. The van der Waals surface area contributed by atoms with Crippen molar-refractivity contribution in [3.63, 3.8) is 0 Å². The Bertz CT molecular complexity index is 579. The lowest BCUT2D eigenvalue weighted by Gasteiger charge is -2.27. The highest BCUT2D eigenvalue weighted by Crippen LogP contribution is 2.49. The van der Waals surface area contributed by atoms with Gasteiger partial charge in [-0.15, -0.1) is 11.8 Å². The molecule has 2 aliphatic heterocycles. The average molecular weight is 413 g/mol. The summed E-state index contributed by atoms with van der Waals surface area (Å²) in [6.45, 7) is 2.17. The van der Waals surface area contributed by atoms with Crippen LogP contribution >= 0.6 is 34.4 Å². The molecule has 112 valence electrons. The van der Waals surface area contributed by atoms with Crippen LogP contribution in [0.3, 0.4) is 0 Å². The molecule has 2 aliphatic rings. The van der Waals surface area contributed by atoms with E-state index in [-0.39, 0.29) is 0 Å². The lowest BCUT2D eigenvalue weighted by atomic mass is 9.91. The van der Waals surface area contributed by atoms with Gasteiger partial charge >= 0.3 is 0 Å². The number of hydrogen-bond donors (Lipinski definition) is 0. The van der Waals surface area contributed by atoms with Crippen molar-refractivity contribution < 1.29 is 4.84 Å². The molecule has 0 aliphatic carbocycles. The maximum atomic E-state index is 5.10. The predicted molar refractivity (Wildman–Crippen MR) is 99.8 cm³/mol. The van der Waals surface area contributed by atoms with Gasteiger partial charge in [0.1, 0.15) is 7.11 Å². The number of allylic oxidation sites excluding steroid dienone is 1. The van der Waals surface area contributed by atoms with Crippen LogP contribution in [0.1, 0.15) is 38.2 Å². The van der Waals surface area contributed by atoms with Gasteiger partial charge in [-0.2, -0.15) is 0 Å². The zero-order chi connectivity index (χ0) is 14.8. The first-order valence-electron chi connectivity index (χ1n) is 7.47. The Balaban J connectivity index is 2.09. The molecule has 0 radical (unpaired) electrons. The molecular weight excluding hydrogens is 393 g/mol.